The lowest BCUT2D eigenvalue weighted by atomic mass is 9.80. The number of aromatic nitrogens is 1. The summed E-state index contributed by atoms with van der Waals surface area (Å²) in [6, 6.07) is 7.07. The summed E-state index contributed by atoms with van der Waals surface area (Å²) in [5.74, 6) is -1.65. The summed E-state index contributed by atoms with van der Waals surface area (Å²) in [4.78, 5) is 20.8. The van der Waals surface area contributed by atoms with E-state index in [1.807, 2.05) is 6.07 Å². The number of hydrogen-bond acceptors (Lipinski definition) is 7. The summed E-state index contributed by atoms with van der Waals surface area (Å²) >= 11 is 0. The van der Waals surface area contributed by atoms with Gasteiger partial charge >= 0.3 is 0 Å². The van der Waals surface area contributed by atoms with Crippen molar-refractivity contribution in [3.05, 3.63) is 58.7 Å². The van der Waals surface area contributed by atoms with Crippen LogP contribution in [-0.4, -0.2) is 42.8 Å². The number of nitriles is 1. The molecule has 33 heavy (non-hydrogen) atoms. The second kappa shape index (κ2) is 8.51. The van der Waals surface area contributed by atoms with Crippen molar-refractivity contribution < 1.29 is 22.0 Å². The fourth-order valence-corrected chi connectivity index (χ4v) is 4.64. The second-order valence-electron chi connectivity index (χ2n) is 8.32. The molecule has 1 aliphatic heterocycles. The van der Waals surface area contributed by atoms with Gasteiger partial charge in [0.25, 0.3) is 5.91 Å². The number of rotatable bonds is 5. The van der Waals surface area contributed by atoms with Crippen molar-refractivity contribution in [1.82, 2.24) is 4.98 Å². The molecule has 8 nitrogen and oxygen atoms in total. The van der Waals surface area contributed by atoms with Gasteiger partial charge in [0, 0.05) is 23.7 Å². The van der Waals surface area contributed by atoms with Crippen LogP contribution in [0.15, 0.2) is 35.5 Å². The van der Waals surface area contributed by atoms with Crippen LogP contribution in [0.5, 0.6) is 0 Å². The first-order chi connectivity index (χ1) is 15.4. The van der Waals surface area contributed by atoms with Crippen LogP contribution in [0.25, 0.3) is 0 Å². The number of anilines is 1. The van der Waals surface area contributed by atoms with E-state index < -0.39 is 38.5 Å². The molecule has 2 aromatic rings. The molecule has 0 saturated carbocycles. The van der Waals surface area contributed by atoms with Gasteiger partial charge in [0.2, 0.25) is 0 Å². The van der Waals surface area contributed by atoms with Crippen LogP contribution >= 0.6 is 0 Å². The Morgan fingerprint density at radius 3 is 2.58 bits per heavy atom. The SMILES string of the molecule is Cc1cc(C#N)cnc1C(=O)Nc1ccc(F)c([C@]2(CF)CC[C@@](C)(S(C)(=O)=O)C(N)=N2)c1. The average molecular weight is 476 g/mol. The zero-order valence-electron chi connectivity index (χ0n) is 18.3. The molecule has 3 rings (SSSR count). The Bertz CT molecular complexity index is 1310. The van der Waals surface area contributed by atoms with Gasteiger partial charge in [-0.25, -0.2) is 22.2 Å². The first kappa shape index (κ1) is 24.3. The van der Waals surface area contributed by atoms with Crippen molar-refractivity contribution in [2.75, 3.05) is 18.2 Å². The molecular formula is C22H23F2N5O3S. The molecule has 0 radical (unpaired) electrons. The predicted octanol–water partition coefficient (Wildman–Crippen LogP) is 2.77. The second-order valence-corrected chi connectivity index (χ2v) is 10.8. The molecule has 1 aromatic carbocycles. The normalized spacial score (nSPS) is 22.8. The molecule has 0 saturated heterocycles. The van der Waals surface area contributed by atoms with E-state index in [0.717, 1.165) is 12.3 Å². The smallest absolute Gasteiger partial charge is 0.274 e. The van der Waals surface area contributed by atoms with Gasteiger partial charge < -0.3 is 11.1 Å². The maximum absolute atomic E-state index is 14.8. The number of benzene rings is 1. The van der Waals surface area contributed by atoms with Crippen molar-refractivity contribution in [2.45, 2.75) is 37.0 Å². The Labute approximate surface area is 190 Å². The standard InChI is InChI=1S/C22H23F2N5O3S/c1-13-8-14(10-25)11-27-18(13)19(30)28-15-4-5-17(24)16(9-15)22(12-23)7-6-21(2,20(26)29-22)33(3,31)32/h4-5,8-9,11H,6-7,12H2,1-3H3,(H2,26,29)(H,28,30)/t21-,22-/m1/s1. The highest BCUT2D eigenvalue weighted by molar-refractivity contribution is 7.92. The molecule has 1 aromatic heterocycles. The van der Waals surface area contributed by atoms with Crippen LogP contribution in [-0.2, 0) is 15.4 Å². The Balaban J connectivity index is 1.99. The van der Waals surface area contributed by atoms with E-state index in [0.29, 0.717) is 11.1 Å². The Kier molecular flexibility index (Phi) is 6.26. The number of pyridine rings is 1. The molecule has 0 aliphatic carbocycles. The molecule has 2 atom stereocenters. The zero-order chi connectivity index (χ0) is 24.6. The van der Waals surface area contributed by atoms with E-state index >= 15 is 0 Å². The minimum atomic E-state index is -3.65. The number of amides is 1. The molecule has 1 aliphatic rings. The third-order valence-electron chi connectivity index (χ3n) is 6.08. The molecule has 0 fully saturated rings. The van der Waals surface area contributed by atoms with Crippen molar-refractivity contribution >= 4 is 27.3 Å². The fourth-order valence-electron chi connectivity index (χ4n) is 3.74. The number of halogens is 2. The highest BCUT2D eigenvalue weighted by atomic mass is 32.2. The van der Waals surface area contributed by atoms with E-state index in [2.05, 4.69) is 15.3 Å². The number of alkyl halides is 1. The van der Waals surface area contributed by atoms with Gasteiger partial charge in [-0.15, -0.1) is 0 Å². The van der Waals surface area contributed by atoms with Crippen LogP contribution < -0.4 is 11.1 Å². The van der Waals surface area contributed by atoms with Gasteiger partial charge in [-0.3, -0.25) is 9.79 Å². The van der Waals surface area contributed by atoms with Crippen LogP contribution in [0.4, 0.5) is 14.5 Å². The highest BCUT2D eigenvalue weighted by Crippen LogP contribution is 2.42. The number of nitrogens with two attached hydrogens (primary N) is 1. The van der Waals surface area contributed by atoms with Crippen molar-refractivity contribution in [2.24, 2.45) is 10.7 Å². The third-order valence-corrected chi connectivity index (χ3v) is 8.13. The minimum absolute atomic E-state index is 0.0462. The predicted molar refractivity (Wildman–Crippen MR) is 120 cm³/mol. The number of carbonyl (C=O) groups is 1. The number of aliphatic imine (C=N–C) groups is 1. The summed E-state index contributed by atoms with van der Waals surface area (Å²) < 4.78 is 52.0. The monoisotopic (exact) mass is 475 g/mol. The Morgan fingerprint density at radius 2 is 2.03 bits per heavy atom. The number of sulfone groups is 1. The van der Waals surface area contributed by atoms with E-state index in [4.69, 9.17) is 11.0 Å². The Morgan fingerprint density at radius 1 is 1.33 bits per heavy atom. The molecule has 0 spiro atoms. The molecule has 2 heterocycles. The molecule has 174 valence electrons. The number of nitrogens with zero attached hydrogens (tertiary/aromatic N) is 3. The van der Waals surface area contributed by atoms with Crippen LogP contribution in [0, 0.1) is 24.1 Å². The van der Waals surface area contributed by atoms with Gasteiger partial charge in [0.15, 0.2) is 9.84 Å². The largest absolute Gasteiger partial charge is 0.386 e. The van der Waals surface area contributed by atoms with Crippen LogP contribution in [0.3, 0.4) is 0 Å². The maximum atomic E-state index is 14.8. The van der Waals surface area contributed by atoms with Gasteiger partial charge in [0.1, 0.15) is 40.4 Å². The number of amidine groups is 1. The third kappa shape index (κ3) is 4.30. The lowest BCUT2D eigenvalue weighted by Gasteiger charge is -2.39. The first-order valence-corrected chi connectivity index (χ1v) is 11.9. The summed E-state index contributed by atoms with van der Waals surface area (Å²) in [6.45, 7) is 1.91. The van der Waals surface area contributed by atoms with Crippen molar-refractivity contribution in [3.8, 4) is 6.07 Å². The highest BCUT2D eigenvalue weighted by Gasteiger charge is 2.49. The van der Waals surface area contributed by atoms with Gasteiger partial charge in [-0.05, 0) is 56.5 Å². The maximum Gasteiger partial charge on any atom is 0.274 e. The Hall–Kier alpha value is -3.39. The molecule has 0 unspecified atom stereocenters. The van der Waals surface area contributed by atoms with Gasteiger partial charge in [-0.1, -0.05) is 0 Å². The van der Waals surface area contributed by atoms with Crippen molar-refractivity contribution in [3.63, 3.8) is 0 Å². The van der Waals surface area contributed by atoms with E-state index in [-0.39, 0.29) is 35.6 Å². The number of nitrogens with one attached hydrogen (secondary N) is 1. The summed E-state index contributed by atoms with van der Waals surface area (Å²) in [5.41, 5.74) is 5.09. The van der Waals surface area contributed by atoms with E-state index in [1.165, 1.54) is 31.3 Å². The topological polar surface area (TPSA) is 138 Å². The van der Waals surface area contributed by atoms with Gasteiger partial charge in [0.05, 0.1) is 5.56 Å². The van der Waals surface area contributed by atoms with E-state index in [9.17, 15) is 22.0 Å². The lowest BCUT2D eigenvalue weighted by Crippen LogP contribution is -2.53. The average Bonchev–Trinajstić information content (AvgIpc) is 2.76. The van der Waals surface area contributed by atoms with Crippen LogP contribution in [0.1, 0.15) is 46.9 Å². The molecular weight excluding hydrogens is 452 g/mol. The zero-order valence-corrected chi connectivity index (χ0v) is 19.1. The van der Waals surface area contributed by atoms with E-state index in [1.54, 1.807) is 6.92 Å². The molecule has 3 N–H and O–H groups in total. The quantitative estimate of drug-likeness (QED) is 0.682. The summed E-state index contributed by atoms with van der Waals surface area (Å²) in [6.07, 6.45) is 2.13. The molecule has 1 amide bonds. The van der Waals surface area contributed by atoms with Gasteiger partial charge in [-0.2, -0.15) is 5.26 Å². The number of hydrogen-bond donors (Lipinski definition) is 2. The fraction of sp³-hybridized carbons (Fsp3) is 0.364. The van der Waals surface area contributed by atoms with Crippen molar-refractivity contribution in [1.29, 1.82) is 5.26 Å². The minimum Gasteiger partial charge on any atom is -0.386 e. The van der Waals surface area contributed by atoms with Crippen LogP contribution in [0.2, 0.25) is 0 Å². The summed E-state index contributed by atoms with van der Waals surface area (Å²) in [7, 11) is -3.65. The lowest BCUT2D eigenvalue weighted by molar-refractivity contribution is 0.102. The molecule has 0 bridgehead atoms. The number of aryl methyl sites for hydroxylation is 1. The molecule has 11 heteroatoms. The number of carbonyl (C=O) groups excluding carboxylic acids is 1. The first-order valence-electron chi connectivity index (χ1n) is 9.96. The summed E-state index contributed by atoms with van der Waals surface area (Å²) in [5, 5.41) is 11.5.